The summed E-state index contributed by atoms with van der Waals surface area (Å²) in [6, 6.07) is 32.4. The Labute approximate surface area is 254 Å². The Morgan fingerprint density at radius 3 is 2.00 bits per heavy atom. The Balaban J connectivity index is 1.04. The van der Waals surface area contributed by atoms with Gasteiger partial charge in [-0.1, -0.05) is 72.8 Å². The van der Waals surface area contributed by atoms with Crippen molar-refractivity contribution in [1.82, 2.24) is 15.1 Å². The molecule has 7 heteroatoms. The van der Waals surface area contributed by atoms with Crippen LogP contribution in [-0.2, 0) is 24.3 Å². The zero-order valence-electron chi connectivity index (χ0n) is 24.9. The summed E-state index contributed by atoms with van der Waals surface area (Å²) in [6.07, 6.45) is 0.977. The number of aryl methyl sites for hydroxylation is 1. The number of piperazine rings is 1. The van der Waals surface area contributed by atoms with Gasteiger partial charge < -0.3 is 19.7 Å². The minimum Gasteiger partial charge on any atom is -0.493 e. The van der Waals surface area contributed by atoms with Gasteiger partial charge in [-0.2, -0.15) is 0 Å². The number of nitrogens with one attached hydrogen (secondary N) is 1. The number of hydrogen-bond donors (Lipinski definition) is 1. The lowest BCUT2D eigenvalue weighted by atomic mass is 10.0. The van der Waals surface area contributed by atoms with Crippen molar-refractivity contribution >= 4 is 11.8 Å². The first-order valence-electron chi connectivity index (χ1n) is 14.7. The van der Waals surface area contributed by atoms with Crippen molar-refractivity contribution in [1.29, 1.82) is 0 Å². The zero-order valence-corrected chi connectivity index (χ0v) is 24.9. The van der Waals surface area contributed by atoms with E-state index in [2.05, 4.69) is 58.7 Å². The van der Waals surface area contributed by atoms with Gasteiger partial charge >= 0.3 is 0 Å². The maximum Gasteiger partial charge on any atom is 0.253 e. The van der Waals surface area contributed by atoms with E-state index >= 15 is 0 Å². The first-order valence-corrected chi connectivity index (χ1v) is 14.7. The van der Waals surface area contributed by atoms with E-state index in [1.807, 2.05) is 53.4 Å². The maximum absolute atomic E-state index is 13.1. The van der Waals surface area contributed by atoms with Gasteiger partial charge in [0, 0.05) is 51.3 Å². The molecule has 1 saturated heterocycles. The SMILES string of the molecule is COc1ccc(CCC(=O)NCc2ccc(C(=O)N3CCN(Cc4ccc(-c5ccccc5)cc4)CC3)cc2)cc1OC. The van der Waals surface area contributed by atoms with Gasteiger partial charge in [-0.15, -0.1) is 0 Å². The molecule has 2 amide bonds. The van der Waals surface area contributed by atoms with Crippen molar-refractivity contribution in [2.24, 2.45) is 0 Å². The van der Waals surface area contributed by atoms with Crippen LogP contribution in [0.4, 0.5) is 0 Å². The molecule has 0 bridgehead atoms. The summed E-state index contributed by atoms with van der Waals surface area (Å²) < 4.78 is 10.6. The number of amides is 2. The third-order valence-electron chi connectivity index (χ3n) is 7.91. The normalized spacial score (nSPS) is 13.4. The van der Waals surface area contributed by atoms with Gasteiger partial charge in [-0.3, -0.25) is 14.5 Å². The van der Waals surface area contributed by atoms with Crippen LogP contribution in [0.5, 0.6) is 11.5 Å². The average molecular weight is 578 g/mol. The highest BCUT2D eigenvalue weighted by Gasteiger charge is 2.22. The molecule has 4 aromatic carbocycles. The molecule has 1 aliphatic heterocycles. The van der Waals surface area contributed by atoms with Gasteiger partial charge in [0.25, 0.3) is 5.91 Å². The van der Waals surface area contributed by atoms with Crippen molar-refractivity contribution in [3.63, 3.8) is 0 Å². The van der Waals surface area contributed by atoms with Crippen molar-refractivity contribution in [2.45, 2.75) is 25.9 Å². The van der Waals surface area contributed by atoms with Crippen LogP contribution in [0.3, 0.4) is 0 Å². The number of nitrogens with zero attached hydrogens (tertiary/aromatic N) is 2. The van der Waals surface area contributed by atoms with Crippen LogP contribution in [0.25, 0.3) is 11.1 Å². The number of hydrogen-bond acceptors (Lipinski definition) is 5. The van der Waals surface area contributed by atoms with Crippen LogP contribution in [0, 0.1) is 0 Å². The summed E-state index contributed by atoms with van der Waals surface area (Å²) >= 11 is 0. The molecule has 4 aromatic rings. The highest BCUT2D eigenvalue weighted by Crippen LogP contribution is 2.28. The van der Waals surface area contributed by atoms with Gasteiger partial charge in [0.05, 0.1) is 14.2 Å². The number of rotatable bonds is 11. The van der Waals surface area contributed by atoms with E-state index in [1.165, 1.54) is 16.7 Å². The Bertz CT molecular complexity index is 1500. The Morgan fingerprint density at radius 2 is 1.33 bits per heavy atom. The van der Waals surface area contributed by atoms with E-state index < -0.39 is 0 Å². The molecule has 1 N–H and O–H groups in total. The molecule has 1 heterocycles. The predicted molar refractivity (Wildman–Crippen MR) is 169 cm³/mol. The average Bonchev–Trinajstić information content (AvgIpc) is 3.07. The number of carbonyl (C=O) groups is 2. The van der Waals surface area contributed by atoms with Gasteiger partial charge in [0.15, 0.2) is 11.5 Å². The van der Waals surface area contributed by atoms with E-state index in [1.54, 1.807) is 14.2 Å². The van der Waals surface area contributed by atoms with E-state index in [9.17, 15) is 9.59 Å². The first kappa shape index (κ1) is 29.9. The Morgan fingerprint density at radius 1 is 0.698 bits per heavy atom. The summed E-state index contributed by atoms with van der Waals surface area (Å²) in [4.78, 5) is 29.9. The third kappa shape index (κ3) is 8.02. The lowest BCUT2D eigenvalue weighted by Gasteiger charge is -2.34. The van der Waals surface area contributed by atoms with Crippen molar-refractivity contribution in [3.8, 4) is 22.6 Å². The molecule has 1 fully saturated rings. The van der Waals surface area contributed by atoms with E-state index in [0.29, 0.717) is 49.5 Å². The topological polar surface area (TPSA) is 71.1 Å². The van der Waals surface area contributed by atoms with Gasteiger partial charge in [0.1, 0.15) is 0 Å². The highest BCUT2D eigenvalue weighted by molar-refractivity contribution is 5.94. The Hall–Kier alpha value is -4.62. The molecule has 1 aliphatic rings. The fourth-order valence-corrected chi connectivity index (χ4v) is 5.33. The monoisotopic (exact) mass is 577 g/mol. The molecular formula is C36H39N3O4. The van der Waals surface area contributed by atoms with E-state index in [4.69, 9.17) is 9.47 Å². The van der Waals surface area contributed by atoms with Crippen LogP contribution >= 0.6 is 0 Å². The van der Waals surface area contributed by atoms with Gasteiger partial charge in [0.2, 0.25) is 5.91 Å². The summed E-state index contributed by atoms with van der Waals surface area (Å²) in [5, 5.41) is 2.97. The molecular weight excluding hydrogens is 538 g/mol. The fourth-order valence-electron chi connectivity index (χ4n) is 5.33. The minimum atomic E-state index is -0.0278. The lowest BCUT2D eigenvalue weighted by Crippen LogP contribution is -2.48. The minimum absolute atomic E-state index is 0.0278. The highest BCUT2D eigenvalue weighted by atomic mass is 16.5. The number of carbonyl (C=O) groups excluding carboxylic acids is 2. The van der Waals surface area contributed by atoms with Crippen LogP contribution < -0.4 is 14.8 Å². The predicted octanol–water partition coefficient (Wildman–Crippen LogP) is 5.58. The largest absolute Gasteiger partial charge is 0.493 e. The second-order valence-electron chi connectivity index (χ2n) is 10.8. The summed E-state index contributed by atoms with van der Waals surface area (Å²) in [7, 11) is 3.20. The molecule has 222 valence electrons. The van der Waals surface area contributed by atoms with E-state index in [0.717, 1.165) is 30.8 Å². The molecule has 7 nitrogen and oxygen atoms in total. The fraction of sp³-hybridized carbons (Fsp3) is 0.278. The first-order chi connectivity index (χ1) is 21.0. The molecule has 0 aromatic heterocycles. The molecule has 0 unspecified atom stereocenters. The van der Waals surface area contributed by atoms with Crippen LogP contribution in [0.1, 0.15) is 33.5 Å². The molecule has 0 saturated carbocycles. The molecule has 43 heavy (non-hydrogen) atoms. The number of benzene rings is 4. The van der Waals surface area contributed by atoms with Gasteiger partial charge in [-0.25, -0.2) is 0 Å². The standard InChI is InChI=1S/C36H39N3O4/c1-42-33-18-12-27(24-34(33)43-2)13-19-35(40)37-25-28-8-16-32(17-9-28)36(41)39-22-20-38(21-23-39)26-29-10-14-31(15-11-29)30-6-4-3-5-7-30/h3-12,14-18,24H,13,19-23,25-26H2,1-2H3,(H,37,40). The zero-order chi connectivity index (χ0) is 30.0. The van der Waals surface area contributed by atoms with Crippen LogP contribution in [0.15, 0.2) is 97.1 Å². The Kier molecular flexibility index (Phi) is 10.1. The summed E-state index contributed by atoms with van der Waals surface area (Å²) in [5.41, 5.74) is 6.37. The third-order valence-corrected chi connectivity index (χ3v) is 7.91. The van der Waals surface area contributed by atoms with Crippen LogP contribution in [-0.4, -0.2) is 62.0 Å². The summed E-state index contributed by atoms with van der Waals surface area (Å²) in [6.45, 7) is 4.41. The number of ether oxygens (including phenoxy) is 2. The maximum atomic E-state index is 13.1. The quantitative estimate of drug-likeness (QED) is 0.252. The molecule has 5 rings (SSSR count). The molecule has 0 atom stereocenters. The van der Waals surface area contributed by atoms with Crippen molar-refractivity contribution in [2.75, 3.05) is 40.4 Å². The molecule has 0 aliphatic carbocycles. The molecule has 0 spiro atoms. The van der Waals surface area contributed by atoms with Gasteiger partial charge in [-0.05, 0) is 58.5 Å². The molecule has 0 radical (unpaired) electrons. The van der Waals surface area contributed by atoms with Crippen molar-refractivity contribution < 1.29 is 19.1 Å². The lowest BCUT2D eigenvalue weighted by molar-refractivity contribution is -0.121. The second kappa shape index (κ2) is 14.5. The van der Waals surface area contributed by atoms with Crippen molar-refractivity contribution in [3.05, 3.63) is 119 Å². The van der Waals surface area contributed by atoms with E-state index in [-0.39, 0.29) is 11.8 Å². The number of methoxy groups -OCH3 is 2. The summed E-state index contributed by atoms with van der Waals surface area (Å²) in [5.74, 6) is 1.35. The second-order valence-corrected chi connectivity index (χ2v) is 10.8. The van der Waals surface area contributed by atoms with Crippen LogP contribution in [0.2, 0.25) is 0 Å². The smallest absolute Gasteiger partial charge is 0.253 e.